The molecule has 3 heteroatoms. The number of nitrogens with zero attached hydrogens (tertiary/aromatic N) is 2. The summed E-state index contributed by atoms with van der Waals surface area (Å²) in [6.45, 7) is 14.6. The molecule has 7 rings (SSSR count). The molecule has 0 radical (unpaired) electrons. The molecule has 0 aliphatic carbocycles. The molecule has 5 aromatic carbocycles. The fraction of sp³-hybridized carbons (Fsp3) is 0.122. The van der Waals surface area contributed by atoms with Crippen molar-refractivity contribution in [3.8, 4) is 22.5 Å². The average molecular weight is 574 g/mol. The second-order valence-corrected chi connectivity index (χ2v) is 11.0. The number of nitrogen functional groups attached to an aromatic ring is 1. The lowest BCUT2D eigenvalue weighted by Gasteiger charge is -2.20. The van der Waals surface area contributed by atoms with Crippen LogP contribution in [0.4, 0.5) is 5.69 Å². The first kappa shape index (κ1) is 28.8. The van der Waals surface area contributed by atoms with Crippen molar-refractivity contribution in [1.29, 1.82) is 0 Å². The number of benzene rings is 5. The topological polar surface area (TPSA) is 35.9 Å². The van der Waals surface area contributed by atoms with Crippen molar-refractivity contribution in [2.45, 2.75) is 34.6 Å². The third-order valence-corrected chi connectivity index (χ3v) is 8.30. The minimum Gasteiger partial charge on any atom is -0.399 e. The van der Waals surface area contributed by atoms with E-state index in [-0.39, 0.29) is 0 Å². The summed E-state index contributed by atoms with van der Waals surface area (Å²) in [5.41, 5.74) is 19.8. The molecule has 0 aliphatic rings. The van der Waals surface area contributed by atoms with E-state index in [2.05, 4.69) is 146 Å². The van der Waals surface area contributed by atoms with Gasteiger partial charge in [-0.3, -0.25) is 0 Å². The number of anilines is 1. The van der Waals surface area contributed by atoms with Gasteiger partial charge in [-0.25, -0.2) is 0 Å². The molecule has 218 valence electrons. The minimum atomic E-state index is 0.753. The van der Waals surface area contributed by atoms with Crippen molar-refractivity contribution < 1.29 is 0 Å². The van der Waals surface area contributed by atoms with Crippen molar-refractivity contribution in [2.24, 2.45) is 0 Å². The Bertz CT molecular complexity index is 2200. The van der Waals surface area contributed by atoms with Crippen molar-refractivity contribution in [2.75, 3.05) is 5.73 Å². The molecule has 3 nitrogen and oxygen atoms in total. The Morgan fingerprint density at radius 1 is 0.659 bits per heavy atom. The van der Waals surface area contributed by atoms with Crippen molar-refractivity contribution in [1.82, 2.24) is 9.13 Å². The summed E-state index contributed by atoms with van der Waals surface area (Å²) in [4.78, 5) is 0. The van der Waals surface area contributed by atoms with Gasteiger partial charge in [0.15, 0.2) is 0 Å². The SMILES string of the molecule is C=Cc1c(/C=C\C)n(-c2cc(-c3cccc(C)c3)c(-n3c4ccccc4c4ccc(N)cc43)cc2C)c2ccccc12.CC. The van der Waals surface area contributed by atoms with Crippen LogP contribution < -0.4 is 5.73 Å². The normalized spacial score (nSPS) is 11.4. The van der Waals surface area contributed by atoms with Gasteiger partial charge >= 0.3 is 0 Å². The van der Waals surface area contributed by atoms with Crippen molar-refractivity contribution >= 4 is 50.5 Å². The third kappa shape index (κ3) is 4.62. The molecule has 0 fully saturated rings. The molecule has 0 aliphatic heterocycles. The summed E-state index contributed by atoms with van der Waals surface area (Å²) in [6, 6.07) is 36.9. The smallest absolute Gasteiger partial charge is 0.0561 e. The van der Waals surface area contributed by atoms with Crippen LogP contribution in [-0.2, 0) is 0 Å². The van der Waals surface area contributed by atoms with Gasteiger partial charge in [-0.15, -0.1) is 0 Å². The maximum absolute atomic E-state index is 6.37. The standard InChI is InChI=1S/C39H33N3.C2H6/c1-5-12-34-29(6-2)30-15-7-9-17-35(30)41(34)37-24-33(27-14-11-13-25(3)21-27)38(22-26(37)4)42-36-18-10-8-16-31(36)32-20-19-28(40)23-39(32)42;1-2/h5-24H,2,40H2,1,3-4H3;1-2H3/b12-5-;. The number of para-hydroxylation sites is 2. The molecule has 2 N–H and O–H groups in total. The van der Waals surface area contributed by atoms with Crippen molar-refractivity contribution in [3.05, 3.63) is 138 Å². The Kier molecular flexibility index (Phi) is 7.71. The van der Waals surface area contributed by atoms with E-state index in [1.807, 2.05) is 26.0 Å². The van der Waals surface area contributed by atoms with Gasteiger partial charge in [-0.1, -0.05) is 105 Å². The summed E-state index contributed by atoms with van der Waals surface area (Å²) in [7, 11) is 0. The molecule has 0 amide bonds. The Morgan fingerprint density at radius 3 is 2.05 bits per heavy atom. The van der Waals surface area contributed by atoms with Gasteiger partial charge in [0.25, 0.3) is 0 Å². The van der Waals surface area contributed by atoms with E-state index >= 15 is 0 Å². The van der Waals surface area contributed by atoms with Crippen LogP contribution in [0.2, 0.25) is 0 Å². The predicted molar refractivity (Wildman–Crippen MR) is 193 cm³/mol. The fourth-order valence-corrected chi connectivity index (χ4v) is 6.48. The number of aryl methyl sites for hydroxylation is 2. The first-order valence-electron chi connectivity index (χ1n) is 15.4. The molecular formula is C41H39N3. The highest BCUT2D eigenvalue weighted by Crippen LogP contribution is 2.40. The molecule has 0 saturated carbocycles. The number of fused-ring (bicyclic) bond motifs is 4. The Balaban J connectivity index is 0.00000168. The van der Waals surface area contributed by atoms with Gasteiger partial charge in [0.05, 0.1) is 27.9 Å². The Morgan fingerprint density at radius 2 is 1.34 bits per heavy atom. The predicted octanol–water partition coefficient (Wildman–Crippen LogP) is 11.3. The molecule has 0 atom stereocenters. The van der Waals surface area contributed by atoms with E-state index < -0.39 is 0 Å². The summed E-state index contributed by atoms with van der Waals surface area (Å²) >= 11 is 0. The Hall–Kier alpha value is -5.28. The maximum atomic E-state index is 6.37. The summed E-state index contributed by atoms with van der Waals surface area (Å²) < 4.78 is 4.76. The Labute approximate surface area is 260 Å². The highest BCUT2D eigenvalue weighted by atomic mass is 15.0. The van der Waals surface area contributed by atoms with Crippen molar-refractivity contribution in [3.63, 3.8) is 0 Å². The summed E-state index contributed by atoms with van der Waals surface area (Å²) in [6.07, 6.45) is 6.26. The number of nitrogens with two attached hydrogens (primary N) is 1. The molecule has 44 heavy (non-hydrogen) atoms. The highest BCUT2D eigenvalue weighted by Gasteiger charge is 2.21. The van der Waals surface area contributed by atoms with Crippen LogP contribution >= 0.6 is 0 Å². The molecular weight excluding hydrogens is 534 g/mol. The van der Waals surface area contributed by atoms with Gasteiger partial charge in [0.2, 0.25) is 0 Å². The van der Waals surface area contributed by atoms with Gasteiger partial charge in [0, 0.05) is 38.7 Å². The molecule has 7 aromatic rings. The number of aromatic nitrogens is 2. The fourth-order valence-electron chi connectivity index (χ4n) is 6.48. The number of hydrogen-bond acceptors (Lipinski definition) is 1. The molecule has 0 saturated heterocycles. The van der Waals surface area contributed by atoms with E-state index in [1.54, 1.807) is 0 Å². The third-order valence-electron chi connectivity index (χ3n) is 8.30. The van der Waals surface area contributed by atoms with Gasteiger partial charge in [-0.05, 0) is 74.4 Å². The lowest BCUT2D eigenvalue weighted by atomic mass is 9.98. The quantitative estimate of drug-likeness (QED) is 0.204. The largest absolute Gasteiger partial charge is 0.399 e. The molecule has 0 bridgehead atoms. The van der Waals surface area contributed by atoms with Crippen LogP contribution in [-0.4, -0.2) is 9.13 Å². The molecule has 0 spiro atoms. The lowest BCUT2D eigenvalue weighted by Crippen LogP contribution is -2.05. The monoisotopic (exact) mass is 573 g/mol. The first-order valence-corrected chi connectivity index (χ1v) is 15.4. The molecule has 2 aromatic heterocycles. The highest BCUT2D eigenvalue weighted by molar-refractivity contribution is 6.10. The number of hydrogen-bond donors (Lipinski definition) is 1. The van der Waals surface area contributed by atoms with Crippen LogP contribution in [0.3, 0.4) is 0 Å². The van der Waals surface area contributed by atoms with Crippen LogP contribution in [0.15, 0.2) is 116 Å². The van der Waals surface area contributed by atoms with E-state index in [0.717, 1.165) is 50.4 Å². The average Bonchev–Trinajstić information content (AvgIpc) is 3.53. The van der Waals surface area contributed by atoms with E-state index in [1.165, 1.54) is 32.8 Å². The lowest BCUT2D eigenvalue weighted by molar-refractivity contribution is 1.07. The first-order chi connectivity index (χ1) is 21.5. The zero-order valence-corrected chi connectivity index (χ0v) is 26.2. The molecule has 0 unspecified atom stereocenters. The minimum absolute atomic E-state index is 0.753. The van der Waals surface area contributed by atoms with Crippen LogP contribution in [0, 0.1) is 13.8 Å². The van der Waals surface area contributed by atoms with Gasteiger partial charge < -0.3 is 14.9 Å². The van der Waals surface area contributed by atoms with E-state index in [4.69, 9.17) is 5.73 Å². The zero-order valence-electron chi connectivity index (χ0n) is 26.2. The second-order valence-electron chi connectivity index (χ2n) is 11.0. The van der Waals surface area contributed by atoms with Crippen LogP contribution in [0.5, 0.6) is 0 Å². The maximum Gasteiger partial charge on any atom is 0.0561 e. The zero-order chi connectivity index (χ0) is 31.0. The van der Waals surface area contributed by atoms with Crippen LogP contribution in [0.25, 0.3) is 67.4 Å². The van der Waals surface area contributed by atoms with E-state index in [0.29, 0.717) is 0 Å². The summed E-state index contributed by atoms with van der Waals surface area (Å²) in [5.74, 6) is 0. The second kappa shape index (κ2) is 11.8. The number of allylic oxidation sites excluding steroid dienone is 1. The molecule has 2 heterocycles. The van der Waals surface area contributed by atoms with E-state index in [9.17, 15) is 0 Å². The number of rotatable bonds is 5. The van der Waals surface area contributed by atoms with Crippen LogP contribution in [0.1, 0.15) is 43.2 Å². The summed E-state index contributed by atoms with van der Waals surface area (Å²) in [5, 5.41) is 3.60. The van der Waals surface area contributed by atoms with Gasteiger partial charge in [0.1, 0.15) is 0 Å². The van der Waals surface area contributed by atoms with Gasteiger partial charge in [-0.2, -0.15) is 0 Å².